The molecule has 3 amide bonds. The Morgan fingerprint density at radius 3 is 2.66 bits per heavy atom. The fraction of sp³-hybridized carbons (Fsp3) is 0.259. The van der Waals surface area contributed by atoms with E-state index >= 15 is 0 Å². The Morgan fingerprint density at radius 1 is 1.13 bits per heavy atom. The molecule has 0 bridgehead atoms. The number of phenolic OH excluding ortho intramolecular Hbond substituents is 1. The number of amides is 3. The normalized spacial score (nSPS) is 21.9. The van der Waals surface area contributed by atoms with Crippen molar-refractivity contribution >= 4 is 47.2 Å². The van der Waals surface area contributed by atoms with E-state index in [1.54, 1.807) is 29.2 Å². The first kappa shape index (κ1) is 25.9. The maximum atomic E-state index is 13.0. The summed E-state index contributed by atoms with van der Waals surface area (Å²) >= 11 is 2.72. The van der Waals surface area contributed by atoms with Gasteiger partial charge in [-0.3, -0.25) is 19.3 Å². The second-order valence-corrected chi connectivity index (χ2v) is 11.2. The van der Waals surface area contributed by atoms with Crippen molar-refractivity contribution in [2.24, 2.45) is 0 Å². The van der Waals surface area contributed by atoms with E-state index in [-0.39, 0.29) is 29.0 Å². The number of allylic oxidation sites excluding steroid dienone is 1. The third kappa shape index (κ3) is 5.30. The first-order valence-electron chi connectivity index (χ1n) is 12.0. The zero-order valence-corrected chi connectivity index (χ0v) is 21.8. The van der Waals surface area contributed by atoms with Crippen LogP contribution in [-0.2, 0) is 25.7 Å². The van der Waals surface area contributed by atoms with Crippen LogP contribution in [0.1, 0.15) is 12.0 Å². The Labute approximate surface area is 227 Å². The molecule has 3 aliphatic rings. The number of carbonyl (C=O) groups is 4. The standard InChI is InChI=1S/C27H25N3O6S2/c31-19-6-4-5-16(11-19)13-29-10-9-17(24(29)33)12-18-14-38-26-22(25(34)30(26)23(18)27(35)36)28-21(32)15-37-20-7-2-1-3-8-20/h1-8,11-12,22,26,31H,9-10,13-15H2,(H,28,32)(H,35,36)/b17-12+. The molecule has 9 nitrogen and oxygen atoms in total. The van der Waals surface area contributed by atoms with Gasteiger partial charge in [-0.2, -0.15) is 0 Å². The molecule has 11 heteroatoms. The summed E-state index contributed by atoms with van der Waals surface area (Å²) in [7, 11) is 0. The number of carbonyl (C=O) groups excluding carboxylic acids is 3. The number of hydrogen-bond acceptors (Lipinski definition) is 7. The average Bonchev–Trinajstić information content (AvgIpc) is 3.24. The molecule has 3 N–H and O–H groups in total. The summed E-state index contributed by atoms with van der Waals surface area (Å²) in [5, 5.41) is 21.9. The lowest BCUT2D eigenvalue weighted by Crippen LogP contribution is -2.70. The summed E-state index contributed by atoms with van der Waals surface area (Å²) in [5.74, 6) is -1.66. The van der Waals surface area contributed by atoms with Gasteiger partial charge < -0.3 is 20.4 Å². The van der Waals surface area contributed by atoms with Gasteiger partial charge in [0.15, 0.2) is 0 Å². The van der Waals surface area contributed by atoms with E-state index < -0.39 is 23.3 Å². The van der Waals surface area contributed by atoms with Crippen molar-refractivity contribution in [2.75, 3.05) is 18.1 Å². The Balaban J connectivity index is 1.26. The number of nitrogens with zero attached hydrogens (tertiary/aromatic N) is 2. The highest BCUT2D eigenvalue weighted by Crippen LogP contribution is 2.41. The van der Waals surface area contributed by atoms with E-state index in [1.165, 1.54) is 28.4 Å². The summed E-state index contributed by atoms with van der Waals surface area (Å²) in [5.41, 5.74) is 1.53. The number of β-lactam (4-membered cyclic amide) rings is 1. The molecule has 0 spiro atoms. The van der Waals surface area contributed by atoms with E-state index in [2.05, 4.69) is 5.32 Å². The molecule has 0 aromatic heterocycles. The molecule has 2 unspecified atom stereocenters. The zero-order valence-electron chi connectivity index (χ0n) is 20.2. The number of thioether (sulfide) groups is 2. The molecular weight excluding hydrogens is 526 g/mol. The van der Waals surface area contributed by atoms with Gasteiger partial charge in [0.1, 0.15) is 22.9 Å². The summed E-state index contributed by atoms with van der Waals surface area (Å²) in [4.78, 5) is 54.4. The van der Waals surface area contributed by atoms with E-state index in [0.717, 1.165) is 10.5 Å². The predicted molar refractivity (Wildman–Crippen MR) is 143 cm³/mol. The maximum Gasteiger partial charge on any atom is 0.352 e. The van der Waals surface area contributed by atoms with Crippen LogP contribution >= 0.6 is 23.5 Å². The zero-order chi connectivity index (χ0) is 26.8. The van der Waals surface area contributed by atoms with Crippen molar-refractivity contribution in [3.63, 3.8) is 0 Å². The molecule has 2 fully saturated rings. The van der Waals surface area contributed by atoms with Gasteiger partial charge in [0.25, 0.3) is 5.91 Å². The summed E-state index contributed by atoms with van der Waals surface area (Å²) in [6, 6.07) is 15.3. The van der Waals surface area contributed by atoms with Crippen LogP contribution < -0.4 is 5.32 Å². The van der Waals surface area contributed by atoms with Crippen molar-refractivity contribution in [1.29, 1.82) is 0 Å². The number of likely N-dealkylation sites (tertiary alicyclic amines) is 1. The number of carboxylic acids is 1. The Bertz CT molecular complexity index is 1360. The predicted octanol–water partition coefficient (Wildman–Crippen LogP) is 2.58. The monoisotopic (exact) mass is 551 g/mol. The molecule has 0 radical (unpaired) electrons. The summed E-state index contributed by atoms with van der Waals surface area (Å²) in [6.45, 7) is 0.810. The van der Waals surface area contributed by atoms with Crippen LogP contribution in [0.4, 0.5) is 0 Å². The van der Waals surface area contributed by atoms with Crippen LogP contribution in [-0.4, -0.2) is 73.2 Å². The lowest BCUT2D eigenvalue weighted by atomic mass is 10.0. The lowest BCUT2D eigenvalue weighted by molar-refractivity contribution is -0.150. The van der Waals surface area contributed by atoms with Crippen LogP contribution in [0.5, 0.6) is 5.75 Å². The van der Waals surface area contributed by atoms with Gasteiger partial charge in [0, 0.05) is 29.3 Å². The summed E-state index contributed by atoms with van der Waals surface area (Å²) in [6.07, 6.45) is 2.04. The molecule has 2 aromatic carbocycles. The lowest BCUT2D eigenvalue weighted by Gasteiger charge is -2.49. The molecule has 2 saturated heterocycles. The number of aliphatic carboxylic acids is 1. The average molecular weight is 552 g/mol. The van der Waals surface area contributed by atoms with E-state index in [4.69, 9.17) is 0 Å². The number of hydrogen-bond donors (Lipinski definition) is 3. The quantitative estimate of drug-likeness (QED) is 0.260. The number of rotatable bonds is 8. The molecule has 38 heavy (non-hydrogen) atoms. The number of nitrogens with one attached hydrogen (secondary N) is 1. The minimum Gasteiger partial charge on any atom is -0.508 e. The molecule has 5 rings (SSSR count). The van der Waals surface area contributed by atoms with Crippen molar-refractivity contribution in [3.8, 4) is 5.75 Å². The topological polar surface area (TPSA) is 127 Å². The van der Waals surface area contributed by atoms with Crippen LogP contribution in [0.15, 0.2) is 82.4 Å². The van der Waals surface area contributed by atoms with Gasteiger partial charge >= 0.3 is 5.97 Å². The molecule has 3 heterocycles. The van der Waals surface area contributed by atoms with Crippen LogP contribution in [0.3, 0.4) is 0 Å². The Morgan fingerprint density at radius 2 is 1.92 bits per heavy atom. The number of aromatic hydroxyl groups is 1. The van der Waals surface area contributed by atoms with Crippen LogP contribution in [0.25, 0.3) is 0 Å². The number of phenols is 1. The number of carboxylic acid groups (broad SMARTS) is 1. The van der Waals surface area contributed by atoms with E-state index in [9.17, 15) is 29.4 Å². The second kappa shape index (κ2) is 11.0. The first-order chi connectivity index (χ1) is 18.3. The Hall–Kier alpha value is -3.70. The third-order valence-corrected chi connectivity index (χ3v) is 8.79. The third-order valence-electron chi connectivity index (χ3n) is 6.48. The van der Waals surface area contributed by atoms with Crippen LogP contribution in [0.2, 0.25) is 0 Å². The van der Waals surface area contributed by atoms with Gasteiger partial charge in [-0.1, -0.05) is 30.3 Å². The molecule has 2 atom stereocenters. The largest absolute Gasteiger partial charge is 0.508 e. The number of benzene rings is 2. The van der Waals surface area contributed by atoms with E-state index in [1.807, 2.05) is 36.4 Å². The SMILES string of the molecule is O=C(CSc1ccccc1)NC1C(=O)N2C(C(=O)O)=C(/C=C3\CCN(Cc4cccc(O)c4)C3=O)CSC12. The highest BCUT2D eigenvalue weighted by molar-refractivity contribution is 8.00. The molecule has 3 aliphatic heterocycles. The second-order valence-electron chi connectivity index (χ2n) is 9.05. The molecule has 0 aliphatic carbocycles. The smallest absolute Gasteiger partial charge is 0.352 e. The molecular formula is C27H25N3O6S2. The first-order valence-corrected chi connectivity index (χ1v) is 14.0. The van der Waals surface area contributed by atoms with Crippen molar-refractivity contribution in [1.82, 2.24) is 15.1 Å². The fourth-order valence-corrected chi connectivity index (χ4v) is 6.71. The van der Waals surface area contributed by atoms with Gasteiger partial charge in [0.2, 0.25) is 11.8 Å². The molecule has 2 aromatic rings. The minimum absolute atomic E-state index is 0.124. The minimum atomic E-state index is -1.25. The van der Waals surface area contributed by atoms with Gasteiger partial charge in [0.05, 0.1) is 5.75 Å². The fourth-order valence-electron chi connectivity index (χ4n) is 4.67. The van der Waals surface area contributed by atoms with Gasteiger partial charge in [-0.15, -0.1) is 23.5 Å². The van der Waals surface area contributed by atoms with E-state index in [0.29, 0.717) is 36.4 Å². The van der Waals surface area contributed by atoms with Crippen molar-refractivity contribution < 1.29 is 29.4 Å². The van der Waals surface area contributed by atoms with Gasteiger partial charge in [-0.25, -0.2) is 4.79 Å². The van der Waals surface area contributed by atoms with Gasteiger partial charge in [-0.05, 0) is 47.9 Å². The van der Waals surface area contributed by atoms with Crippen molar-refractivity contribution in [2.45, 2.75) is 29.3 Å². The highest BCUT2D eigenvalue weighted by Gasteiger charge is 2.54. The molecule has 0 saturated carbocycles. The highest BCUT2D eigenvalue weighted by atomic mass is 32.2. The number of fused-ring (bicyclic) bond motifs is 1. The van der Waals surface area contributed by atoms with Crippen LogP contribution in [0, 0.1) is 0 Å². The molecule has 196 valence electrons. The van der Waals surface area contributed by atoms with Crippen molar-refractivity contribution in [3.05, 3.63) is 83.1 Å². The Kier molecular flexibility index (Phi) is 7.48. The maximum absolute atomic E-state index is 13.0. The summed E-state index contributed by atoms with van der Waals surface area (Å²) < 4.78 is 0.